The molecule has 0 spiro atoms. The van der Waals surface area contributed by atoms with Crippen LogP contribution < -0.4 is 11.3 Å². The molecule has 5 heteroatoms. The van der Waals surface area contributed by atoms with Crippen LogP contribution in [0.1, 0.15) is 32.5 Å². The minimum atomic E-state index is 0.0667. The average molecular weight is 290 g/mol. The van der Waals surface area contributed by atoms with Crippen LogP contribution >= 0.6 is 0 Å². The van der Waals surface area contributed by atoms with Gasteiger partial charge in [0.25, 0.3) is 0 Å². The summed E-state index contributed by atoms with van der Waals surface area (Å²) in [4.78, 5) is 4.76. The average Bonchev–Trinajstić information content (AvgIpc) is 2.87. The molecule has 0 amide bonds. The predicted molar refractivity (Wildman–Crippen MR) is 85.9 cm³/mol. The molecule has 2 rings (SSSR count). The van der Waals surface area contributed by atoms with E-state index in [4.69, 9.17) is 15.6 Å². The van der Waals surface area contributed by atoms with E-state index in [1.807, 2.05) is 12.1 Å². The van der Waals surface area contributed by atoms with Crippen LogP contribution in [0.25, 0.3) is 11.0 Å². The van der Waals surface area contributed by atoms with Crippen molar-refractivity contribution in [2.45, 2.75) is 51.8 Å². The van der Waals surface area contributed by atoms with Crippen LogP contribution in [0.15, 0.2) is 24.3 Å². The van der Waals surface area contributed by atoms with Crippen molar-refractivity contribution in [1.82, 2.24) is 15.0 Å². The number of hydrogen-bond acceptors (Lipinski definition) is 4. The van der Waals surface area contributed by atoms with E-state index in [0.717, 1.165) is 37.1 Å². The van der Waals surface area contributed by atoms with Crippen LogP contribution in [0.3, 0.4) is 0 Å². The fourth-order valence-electron chi connectivity index (χ4n) is 2.90. The number of aryl methyl sites for hydroxylation is 1. The van der Waals surface area contributed by atoms with Crippen molar-refractivity contribution in [3.05, 3.63) is 30.1 Å². The molecule has 1 heterocycles. The fourth-order valence-corrected chi connectivity index (χ4v) is 2.90. The maximum Gasteiger partial charge on any atom is 0.111 e. The van der Waals surface area contributed by atoms with Crippen LogP contribution in [0.2, 0.25) is 0 Å². The zero-order chi connectivity index (χ0) is 15.2. The summed E-state index contributed by atoms with van der Waals surface area (Å²) in [6.07, 6.45) is 2.92. The molecule has 116 valence electrons. The van der Waals surface area contributed by atoms with Gasteiger partial charge in [0.1, 0.15) is 5.82 Å². The minimum Gasteiger partial charge on any atom is -0.380 e. The number of aromatic nitrogens is 2. The third kappa shape index (κ3) is 3.43. The first-order chi connectivity index (χ1) is 10.2. The van der Waals surface area contributed by atoms with Gasteiger partial charge < -0.3 is 9.30 Å². The first-order valence-electron chi connectivity index (χ1n) is 7.68. The van der Waals surface area contributed by atoms with Gasteiger partial charge >= 0.3 is 0 Å². The Hall–Kier alpha value is -1.43. The number of imidazole rings is 1. The molecule has 0 aliphatic heterocycles. The van der Waals surface area contributed by atoms with Crippen molar-refractivity contribution in [1.29, 1.82) is 0 Å². The Balaban J connectivity index is 2.28. The molecule has 0 aliphatic rings. The number of nitrogens with one attached hydrogen (secondary N) is 1. The standard InChI is InChI=1S/C16H26N4O/c1-4-8-15(21-3)13(19-17)11-16-18-12-9-6-7-10-14(12)20(16)5-2/h6-7,9-10,13,15,19H,4-5,8,11,17H2,1-3H3. The second-order valence-electron chi connectivity index (χ2n) is 5.30. The number of hydrogen-bond donors (Lipinski definition) is 2. The number of fused-ring (bicyclic) bond motifs is 1. The lowest BCUT2D eigenvalue weighted by molar-refractivity contribution is 0.0601. The Morgan fingerprint density at radius 1 is 1.33 bits per heavy atom. The summed E-state index contributed by atoms with van der Waals surface area (Å²) < 4.78 is 7.83. The van der Waals surface area contributed by atoms with Gasteiger partial charge in [-0.25, -0.2) is 4.98 Å². The maximum absolute atomic E-state index is 5.75. The number of rotatable bonds is 8. The minimum absolute atomic E-state index is 0.0667. The Bertz CT molecular complexity index is 566. The van der Waals surface area contributed by atoms with Gasteiger partial charge in [-0.2, -0.15) is 0 Å². The van der Waals surface area contributed by atoms with Crippen molar-refractivity contribution in [2.24, 2.45) is 5.84 Å². The molecule has 0 radical (unpaired) electrons. The largest absolute Gasteiger partial charge is 0.380 e. The highest BCUT2D eigenvalue weighted by atomic mass is 16.5. The molecule has 1 aromatic heterocycles. The zero-order valence-corrected chi connectivity index (χ0v) is 13.2. The van der Waals surface area contributed by atoms with E-state index in [-0.39, 0.29) is 12.1 Å². The van der Waals surface area contributed by atoms with Crippen molar-refractivity contribution >= 4 is 11.0 Å². The molecule has 21 heavy (non-hydrogen) atoms. The van der Waals surface area contributed by atoms with E-state index in [2.05, 4.69) is 36.0 Å². The molecule has 2 unspecified atom stereocenters. The molecule has 5 nitrogen and oxygen atoms in total. The van der Waals surface area contributed by atoms with Gasteiger partial charge in [0.05, 0.1) is 23.2 Å². The Morgan fingerprint density at radius 3 is 2.71 bits per heavy atom. The van der Waals surface area contributed by atoms with Crippen LogP contribution in [0.5, 0.6) is 0 Å². The highest BCUT2D eigenvalue weighted by molar-refractivity contribution is 5.75. The molecular formula is C16H26N4O. The van der Waals surface area contributed by atoms with Gasteiger partial charge in [-0.1, -0.05) is 25.5 Å². The van der Waals surface area contributed by atoms with E-state index < -0.39 is 0 Å². The number of nitrogens with two attached hydrogens (primary N) is 1. The van der Waals surface area contributed by atoms with Crippen LogP contribution in [0.4, 0.5) is 0 Å². The van der Waals surface area contributed by atoms with E-state index in [1.54, 1.807) is 7.11 Å². The van der Waals surface area contributed by atoms with E-state index in [0.29, 0.717) is 0 Å². The highest BCUT2D eigenvalue weighted by Gasteiger charge is 2.22. The van der Waals surface area contributed by atoms with Gasteiger partial charge in [0, 0.05) is 20.1 Å². The Labute approximate surface area is 126 Å². The quantitative estimate of drug-likeness (QED) is 0.578. The van der Waals surface area contributed by atoms with Crippen molar-refractivity contribution < 1.29 is 4.74 Å². The zero-order valence-electron chi connectivity index (χ0n) is 13.2. The van der Waals surface area contributed by atoms with Crippen molar-refractivity contribution in [2.75, 3.05) is 7.11 Å². The second-order valence-corrected chi connectivity index (χ2v) is 5.30. The Morgan fingerprint density at radius 2 is 2.10 bits per heavy atom. The lowest BCUT2D eigenvalue weighted by Crippen LogP contribution is -2.46. The lowest BCUT2D eigenvalue weighted by Gasteiger charge is -2.25. The van der Waals surface area contributed by atoms with Crippen LogP contribution in [-0.4, -0.2) is 28.8 Å². The molecule has 0 saturated heterocycles. The van der Waals surface area contributed by atoms with Crippen molar-refractivity contribution in [3.8, 4) is 0 Å². The third-order valence-corrected chi connectivity index (χ3v) is 3.99. The van der Waals surface area contributed by atoms with E-state index in [1.165, 1.54) is 5.52 Å². The molecule has 0 saturated carbocycles. The smallest absolute Gasteiger partial charge is 0.111 e. The SMILES string of the molecule is CCCC(OC)C(Cc1nc2ccccc2n1CC)NN. The summed E-state index contributed by atoms with van der Waals surface area (Å²) in [5.74, 6) is 6.80. The maximum atomic E-state index is 5.75. The van der Waals surface area contributed by atoms with Crippen molar-refractivity contribution in [3.63, 3.8) is 0 Å². The Kier molecular flexibility index (Phi) is 5.73. The third-order valence-electron chi connectivity index (χ3n) is 3.99. The summed E-state index contributed by atoms with van der Waals surface area (Å²) in [5, 5.41) is 0. The number of ether oxygens (including phenoxy) is 1. The predicted octanol–water partition coefficient (Wildman–Crippen LogP) is 2.25. The van der Waals surface area contributed by atoms with Gasteiger partial charge in [-0.3, -0.25) is 11.3 Å². The van der Waals surface area contributed by atoms with Crippen LogP contribution in [0, 0.1) is 0 Å². The summed E-state index contributed by atoms with van der Waals surface area (Å²) in [5.41, 5.74) is 5.12. The molecule has 0 bridgehead atoms. The molecule has 2 atom stereocenters. The number of methoxy groups -OCH3 is 1. The summed E-state index contributed by atoms with van der Waals surface area (Å²) in [6, 6.07) is 8.30. The highest BCUT2D eigenvalue weighted by Crippen LogP contribution is 2.18. The van der Waals surface area contributed by atoms with E-state index in [9.17, 15) is 0 Å². The molecule has 2 aromatic rings. The fraction of sp³-hybridized carbons (Fsp3) is 0.562. The second kappa shape index (κ2) is 7.54. The molecule has 0 aliphatic carbocycles. The monoisotopic (exact) mass is 290 g/mol. The van der Waals surface area contributed by atoms with Gasteiger partial charge in [0.15, 0.2) is 0 Å². The number of hydrazine groups is 1. The molecule has 1 aromatic carbocycles. The number of benzene rings is 1. The topological polar surface area (TPSA) is 65.1 Å². The van der Waals surface area contributed by atoms with Gasteiger partial charge in [-0.15, -0.1) is 0 Å². The summed E-state index contributed by atoms with van der Waals surface area (Å²) in [7, 11) is 1.74. The molecule has 3 N–H and O–H groups in total. The molecular weight excluding hydrogens is 264 g/mol. The normalized spacial score (nSPS) is 14.5. The summed E-state index contributed by atoms with van der Waals surface area (Å²) in [6.45, 7) is 5.20. The van der Waals surface area contributed by atoms with Crippen LogP contribution in [-0.2, 0) is 17.7 Å². The lowest BCUT2D eigenvalue weighted by atomic mass is 10.0. The first-order valence-corrected chi connectivity index (χ1v) is 7.68. The molecule has 0 fully saturated rings. The van der Waals surface area contributed by atoms with Gasteiger partial charge in [0.2, 0.25) is 0 Å². The summed E-state index contributed by atoms with van der Waals surface area (Å²) >= 11 is 0. The first kappa shape index (κ1) is 15.9. The van der Waals surface area contributed by atoms with E-state index >= 15 is 0 Å². The number of nitrogens with zero attached hydrogens (tertiary/aromatic N) is 2. The number of para-hydroxylation sites is 2. The van der Waals surface area contributed by atoms with Gasteiger partial charge in [-0.05, 0) is 25.5 Å².